The first-order valence-electron chi connectivity index (χ1n) is 6.24. The average molecular weight is 263 g/mol. The van der Waals surface area contributed by atoms with E-state index in [1.807, 2.05) is 14.0 Å². The van der Waals surface area contributed by atoms with Crippen LogP contribution in [0.5, 0.6) is 0 Å². The standard InChI is InChI=1S/C13H17N3O3/c1-3-10-13(19)14-12(18)8-16(10)7-11(17)9-4-5-15(2)6-9/h4-6,10H,3,7-8H2,1-2H3,(H,14,18,19). The van der Waals surface area contributed by atoms with Gasteiger partial charge in [-0.2, -0.15) is 0 Å². The smallest absolute Gasteiger partial charge is 0.243 e. The number of aromatic nitrogens is 1. The first kappa shape index (κ1) is 13.5. The van der Waals surface area contributed by atoms with Gasteiger partial charge in [-0.05, 0) is 12.5 Å². The van der Waals surface area contributed by atoms with Crippen molar-refractivity contribution in [2.75, 3.05) is 13.1 Å². The highest BCUT2D eigenvalue weighted by atomic mass is 16.2. The van der Waals surface area contributed by atoms with Crippen molar-refractivity contribution in [3.05, 3.63) is 24.0 Å². The van der Waals surface area contributed by atoms with Crippen LogP contribution in [-0.2, 0) is 16.6 Å². The molecule has 0 bridgehead atoms. The Morgan fingerprint density at radius 3 is 2.79 bits per heavy atom. The fourth-order valence-corrected chi connectivity index (χ4v) is 2.27. The second-order valence-electron chi connectivity index (χ2n) is 4.73. The van der Waals surface area contributed by atoms with Gasteiger partial charge in [-0.3, -0.25) is 24.6 Å². The Bertz CT molecular complexity index is 521. The molecule has 19 heavy (non-hydrogen) atoms. The summed E-state index contributed by atoms with van der Waals surface area (Å²) < 4.78 is 1.79. The third-order valence-corrected chi connectivity index (χ3v) is 3.24. The van der Waals surface area contributed by atoms with E-state index < -0.39 is 6.04 Å². The molecule has 1 saturated heterocycles. The van der Waals surface area contributed by atoms with Gasteiger partial charge in [-0.1, -0.05) is 6.92 Å². The molecule has 1 unspecified atom stereocenters. The Balaban J connectivity index is 2.09. The van der Waals surface area contributed by atoms with Gasteiger partial charge in [0.15, 0.2) is 5.78 Å². The Morgan fingerprint density at radius 1 is 1.47 bits per heavy atom. The molecule has 0 aliphatic carbocycles. The molecule has 2 rings (SSSR count). The van der Waals surface area contributed by atoms with Crippen LogP contribution in [0.15, 0.2) is 18.5 Å². The molecule has 6 nitrogen and oxygen atoms in total. The van der Waals surface area contributed by atoms with Gasteiger partial charge in [0.05, 0.1) is 19.1 Å². The number of Topliss-reactive ketones (excluding diaryl/α,β-unsaturated/α-hetero) is 1. The summed E-state index contributed by atoms with van der Waals surface area (Å²) in [7, 11) is 1.84. The lowest BCUT2D eigenvalue weighted by molar-refractivity contribution is -0.139. The molecule has 1 aliphatic heterocycles. The number of aryl methyl sites for hydroxylation is 1. The topological polar surface area (TPSA) is 71.4 Å². The molecular formula is C13H17N3O3. The van der Waals surface area contributed by atoms with E-state index in [0.29, 0.717) is 12.0 Å². The predicted molar refractivity (Wildman–Crippen MR) is 68.5 cm³/mol. The zero-order chi connectivity index (χ0) is 14.0. The summed E-state index contributed by atoms with van der Waals surface area (Å²) in [5.74, 6) is -0.753. The minimum atomic E-state index is -0.412. The molecule has 1 aromatic rings. The number of piperazine rings is 1. The molecule has 1 aliphatic rings. The molecule has 2 amide bonds. The van der Waals surface area contributed by atoms with Gasteiger partial charge in [0.1, 0.15) is 0 Å². The quantitative estimate of drug-likeness (QED) is 0.610. The predicted octanol–water partition coefficient (Wildman–Crippen LogP) is -0.0552. The highest BCUT2D eigenvalue weighted by Crippen LogP contribution is 2.11. The summed E-state index contributed by atoms with van der Waals surface area (Å²) in [6.45, 7) is 2.03. The van der Waals surface area contributed by atoms with Crippen LogP contribution in [0.1, 0.15) is 23.7 Å². The van der Waals surface area contributed by atoms with Crippen molar-refractivity contribution in [3.63, 3.8) is 0 Å². The monoisotopic (exact) mass is 263 g/mol. The maximum atomic E-state index is 12.1. The van der Waals surface area contributed by atoms with E-state index in [1.165, 1.54) is 0 Å². The number of imide groups is 1. The molecule has 102 valence electrons. The Kier molecular flexibility index (Phi) is 3.80. The number of nitrogens with zero attached hydrogens (tertiary/aromatic N) is 2. The zero-order valence-corrected chi connectivity index (χ0v) is 11.0. The summed E-state index contributed by atoms with van der Waals surface area (Å²) in [5.41, 5.74) is 0.593. The Morgan fingerprint density at radius 2 is 2.21 bits per heavy atom. The first-order chi connectivity index (χ1) is 9.01. The number of carbonyl (C=O) groups excluding carboxylic acids is 3. The number of rotatable bonds is 4. The lowest BCUT2D eigenvalue weighted by Crippen LogP contribution is -2.58. The van der Waals surface area contributed by atoms with E-state index >= 15 is 0 Å². The molecule has 0 saturated carbocycles. The van der Waals surface area contributed by atoms with Gasteiger partial charge in [-0.25, -0.2) is 0 Å². The summed E-state index contributed by atoms with van der Waals surface area (Å²) in [5, 5.41) is 2.29. The fraction of sp³-hybridized carbons (Fsp3) is 0.462. The van der Waals surface area contributed by atoms with Crippen LogP contribution in [0.2, 0.25) is 0 Å². The minimum Gasteiger partial charge on any atom is -0.357 e. The second-order valence-corrected chi connectivity index (χ2v) is 4.73. The number of hydrogen-bond donors (Lipinski definition) is 1. The SMILES string of the molecule is CCC1C(=O)NC(=O)CN1CC(=O)c1ccn(C)c1. The van der Waals surface area contributed by atoms with Gasteiger partial charge in [0.25, 0.3) is 0 Å². The molecule has 1 fully saturated rings. The summed E-state index contributed by atoms with van der Waals surface area (Å²) in [6, 6.07) is 1.32. The second kappa shape index (κ2) is 5.36. The Hall–Kier alpha value is -1.95. The summed E-state index contributed by atoms with van der Waals surface area (Å²) in [4.78, 5) is 36.8. The number of amides is 2. The fourth-order valence-electron chi connectivity index (χ4n) is 2.27. The van der Waals surface area contributed by atoms with E-state index in [0.717, 1.165) is 0 Å². The molecule has 1 atom stereocenters. The summed E-state index contributed by atoms with van der Waals surface area (Å²) >= 11 is 0. The van der Waals surface area contributed by atoms with Crippen LogP contribution in [0.25, 0.3) is 0 Å². The van der Waals surface area contributed by atoms with Crippen molar-refractivity contribution < 1.29 is 14.4 Å². The van der Waals surface area contributed by atoms with E-state index in [-0.39, 0.29) is 30.7 Å². The third-order valence-electron chi connectivity index (χ3n) is 3.24. The van der Waals surface area contributed by atoms with Crippen LogP contribution < -0.4 is 5.32 Å². The lowest BCUT2D eigenvalue weighted by Gasteiger charge is -2.32. The molecule has 1 N–H and O–H groups in total. The number of hydrogen-bond acceptors (Lipinski definition) is 4. The van der Waals surface area contributed by atoms with Crippen LogP contribution in [0.3, 0.4) is 0 Å². The highest BCUT2D eigenvalue weighted by Gasteiger charge is 2.33. The van der Waals surface area contributed by atoms with Gasteiger partial charge in [0.2, 0.25) is 11.8 Å². The van der Waals surface area contributed by atoms with Gasteiger partial charge in [-0.15, -0.1) is 0 Å². The van der Waals surface area contributed by atoms with Crippen molar-refractivity contribution in [1.29, 1.82) is 0 Å². The molecule has 1 aromatic heterocycles. The van der Waals surface area contributed by atoms with Gasteiger partial charge < -0.3 is 4.57 Å². The largest absolute Gasteiger partial charge is 0.357 e. The van der Waals surface area contributed by atoms with E-state index in [9.17, 15) is 14.4 Å². The van der Waals surface area contributed by atoms with Gasteiger partial charge >= 0.3 is 0 Å². The average Bonchev–Trinajstić information content (AvgIpc) is 2.75. The van der Waals surface area contributed by atoms with Crippen LogP contribution in [-0.4, -0.2) is 46.2 Å². The molecular weight excluding hydrogens is 246 g/mol. The summed E-state index contributed by atoms with van der Waals surface area (Å²) in [6.07, 6.45) is 4.09. The van der Waals surface area contributed by atoms with Crippen LogP contribution in [0.4, 0.5) is 0 Å². The molecule has 0 radical (unpaired) electrons. The lowest BCUT2D eigenvalue weighted by atomic mass is 10.1. The number of carbonyl (C=O) groups is 3. The zero-order valence-electron chi connectivity index (χ0n) is 11.0. The van der Waals surface area contributed by atoms with Crippen LogP contribution in [0, 0.1) is 0 Å². The Labute approximate surface area is 111 Å². The van der Waals surface area contributed by atoms with E-state index in [4.69, 9.17) is 0 Å². The van der Waals surface area contributed by atoms with Crippen molar-refractivity contribution in [1.82, 2.24) is 14.8 Å². The van der Waals surface area contributed by atoms with Crippen molar-refractivity contribution >= 4 is 17.6 Å². The maximum Gasteiger partial charge on any atom is 0.243 e. The first-order valence-corrected chi connectivity index (χ1v) is 6.24. The number of ketones is 1. The van der Waals surface area contributed by atoms with Gasteiger partial charge in [0, 0.05) is 25.0 Å². The maximum absolute atomic E-state index is 12.1. The van der Waals surface area contributed by atoms with Crippen LogP contribution >= 0.6 is 0 Å². The van der Waals surface area contributed by atoms with Crippen molar-refractivity contribution in [2.24, 2.45) is 7.05 Å². The normalized spacial score (nSPS) is 20.4. The minimum absolute atomic E-state index is 0.0819. The third kappa shape index (κ3) is 2.90. The highest BCUT2D eigenvalue weighted by molar-refractivity contribution is 6.03. The van der Waals surface area contributed by atoms with E-state index in [2.05, 4.69) is 5.32 Å². The molecule has 6 heteroatoms. The molecule has 0 aromatic carbocycles. The van der Waals surface area contributed by atoms with E-state index in [1.54, 1.807) is 27.9 Å². The molecule has 2 heterocycles. The van der Waals surface area contributed by atoms with Crippen molar-refractivity contribution in [2.45, 2.75) is 19.4 Å². The molecule has 0 spiro atoms. The number of nitrogens with one attached hydrogen (secondary N) is 1. The van der Waals surface area contributed by atoms with Crippen molar-refractivity contribution in [3.8, 4) is 0 Å².